The molecule has 0 saturated carbocycles. The monoisotopic (exact) mass is 446 g/mol. The zero-order valence-corrected chi connectivity index (χ0v) is 17.1. The van der Waals surface area contributed by atoms with E-state index in [2.05, 4.69) is 15.4 Å². The predicted octanol–water partition coefficient (Wildman–Crippen LogP) is 4.95. The number of benzene rings is 1. The Hall–Kier alpha value is -1.73. The number of alkyl carbamates (subject to hydrolysis) is 1. The van der Waals surface area contributed by atoms with Crippen LogP contribution in [0.5, 0.6) is 0 Å². The summed E-state index contributed by atoms with van der Waals surface area (Å²) >= 11 is 22.7. The lowest BCUT2D eigenvalue weighted by Gasteiger charge is -2.12. The topological polar surface area (TPSA) is 68.5 Å². The van der Waals surface area contributed by atoms with Crippen LogP contribution in [-0.4, -0.2) is 31.1 Å². The molecule has 0 aliphatic heterocycles. The summed E-state index contributed by atoms with van der Waals surface area (Å²) in [5.41, 5.74) is 3.92. The minimum atomic E-state index is -1.68. The summed E-state index contributed by atoms with van der Waals surface area (Å²) in [5.74, 6) is 0. The van der Waals surface area contributed by atoms with Crippen LogP contribution in [0.4, 0.5) is 4.79 Å². The molecule has 1 amide bonds. The maximum atomic E-state index is 11.9. The molecule has 0 radical (unpaired) electrons. The van der Waals surface area contributed by atoms with Crippen molar-refractivity contribution >= 4 is 58.1 Å². The van der Waals surface area contributed by atoms with E-state index in [0.29, 0.717) is 22.2 Å². The van der Waals surface area contributed by atoms with E-state index in [1.165, 1.54) is 0 Å². The van der Waals surface area contributed by atoms with Gasteiger partial charge in [0.25, 0.3) is 0 Å². The number of imidazole rings is 1. The van der Waals surface area contributed by atoms with Gasteiger partial charge in [-0.2, -0.15) is 5.10 Å². The van der Waals surface area contributed by atoms with E-state index in [4.69, 9.17) is 51.1 Å². The summed E-state index contributed by atoms with van der Waals surface area (Å²) in [5, 5.41) is 7.18. The molecule has 0 aliphatic carbocycles. The molecule has 6 nitrogen and oxygen atoms in total. The van der Waals surface area contributed by atoms with Gasteiger partial charge in [0.15, 0.2) is 5.65 Å². The molecule has 2 aromatic heterocycles. The van der Waals surface area contributed by atoms with Gasteiger partial charge in [0.2, 0.25) is 3.79 Å². The van der Waals surface area contributed by atoms with Crippen molar-refractivity contribution < 1.29 is 9.53 Å². The number of nitrogens with one attached hydrogen (secondary N) is 1. The number of carbonyl (C=O) groups is 1. The van der Waals surface area contributed by atoms with E-state index in [1.807, 2.05) is 31.2 Å². The Labute approximate surface area is 175 Å². The van der Waals surface area contributed by atoms with Crippen LogP contribution in [0.15, 0.2) is 36.4 Å². The first-order valence-corrected chi connectivity index (χ1v) is 9.33. The fraction of sp³-hybridized carbons (Fsp3) is 0.235. The highest BCUT2D eigenvalue weighted by molar-refractivity contribution is 6.67. The van der Waals surface area contributed by atoms with E-state index in [0.717, 1.165) is 11.1 Å². The predicted molar refractivity (Wildman–Crippen MR) is 107 cm³/mol. The number of nitrogens with zero attached hydrogens (tertiary/aromatic N) is 3. The number of hydrogen-bond acceptors (Lipinski definition) is 4. The van der Waals surface area contributed by atoms with Crippen LogP contribution in [0.3, 0.4) is 0 Å². The van der Waals surface area contributed by atoms with E-state index in [1.54, 1.807) is 16.6 Å². The van der Waals surface area contributed by atoms with Gasteiger partial charge < -0.3 is 10.1 Å². The molecule has 0 atom stereocenters. The lowest BCUT2D eigenvalue weighted by molar-refractivity contribution is 0.147. The summed E-state index contributed by atoms with van der Waals surface area (Å²) < 4.78 is 4.78. The first kappa shape index (κ1) is 20.0. The van der Waals surface area contributed by atoms with Gasteiger partial charge in [0.1, 0.15) is 11.8 Å². The lowest BCUT2D eigenvalue weighted by Crippen LogP contribution is -2.28. The molecule has 27 heavy (non-hydrogen) atoms. The fourth-order valence-electron chi connectivity index (χ4n) is 2.41. The first-order chi connectivity index (χ1) is 12.7. The van der Waals surface area contributed by atoms with Gasteiger partial charge in [0, 0.05) is 5.56 Å². The number of fused-ring (bicyclic) bond motifs is 1. The number of alkyl halides is 3. The zero-order chi connectivity index (χ0) is 19.6. The Kier molecular flexibility index (Phi) is 6.01. The lowest BCUT2D eigenvalue weighted by atomic mass is 10.1. The van der Waals surface area contributed by atoms with Crippen LogP contribution < -0.4 is 5.32 Å². The van der Waals surface area contributed by atoms with E-state index >= 15 is 0 Å². The molecule has 142 valence electrons. The van der Waals surface area contributed by atoms with Gasteiger partial charge in [-0.1, -0.05) is 76.2 Å². The minimum absolute atomic E-state index is 0.0937. The van der Waals surface area contributed by atoms with E-state index in [9.17, 15) is 4.79 Å². The van der Waals surface area contributed by atoms with Crippen molar-refractivity contribution in [3.8, 4) is 11.3 Å². The molecule has 0 spiro atoms. The van der Waals surface area contributed by atoms with Crippen molar-refractivity contribution in [2.75, 3.05) is 6.61 Å². The van der Waals surface area contributed by atoms with Gasteiger partial charge in [-0.15, -0.1) is 0 Å². The molecule has 0 bridgehead atoms. The number of amides is 1. The molecule has 3 aromatic rings. The highest BCUT2D eigenvalue weighted by Crippen LogP contribution is 2.27. The fourth-order valence-corrected chi connectivity index (χ4v) is 2.71. The zero-order valence-electron chi connectivity index (χ0n) is 14.0. The number of rotatable bonds is 4. The van der Waals surface area contributed by atoms with Crippen molar-refractivity contribution in [3.05, 3.63) is 52.8 Å². The summed E-state index contributed by atoms with van der Waals surface area (Å²) in [6, 6.07) is 11.2. The van der Waals surface area contributed by atoms with Crippen molar-refractivity contribution in [2.45, 2.75) is 17.3 Å². The van der Waals surface area contributed by atoms with E-state index < -0.39 is 9.89 Å². The van der Waals surface area contributed by atoms with Crippen LogP contribution >= 0.6 is 46.4 Å². The van der Waals surface area contributed by atoms with Gasteiger partial charge in [-0.25, -0.2) is 14.3 Å². The molecule has 0 fully saturated rings. The number of aryl methyl sites for hydroxylation is 1. The number of halogens is 4. The Morgan fingerprint density at radius 1 is 1.19 bits per heavy atom. The van der Waals surface area contributed by atoms with Crippen LogP contribution in [0.1, 0.15) is 11.3 Å². The van der Waals surface area contributed by atoms with Crippen LogP contribution in [-0.2, 0) is 11.3 Å². The molecule has 0 saturated heterocycles. The van der Waals surface area contributed by atoms with Gasteiger partial charge in [-0.3, -0.25) is 0 Å². The molecule has 1 N–H and O–H groups in total. The van der Waals surface area contributed by atoms with Crippen LogP contribution in [0.25, 0.3) is 16.9 Å². The Morgan fingerprint density at radius 2 is 1.89 bits per heavy atom. The normalized spacial score (nSPS) is 11.6. The first-order valence-electron chi connectivity index (χ1n) is 7.81. The maximum absolute atomic E-state index is 11.9. The van der Waals surface area contributed by atoms with Crippen molar-refractivity contribution in [1.82, 2.24) is 19.9 Å². The summed E-state index contributed by atoms with van der Waals surface area (Å²) in [6.45, 7) is 1.72. The molecular formula is C17H14Cl4N4O2. The maximum Gasteiger partial charge on any atom is 0.407 e. The standard InChI is InChI=1S/C17H14Cl4N4O2/c1-10-2-4-11(5-3-10)15-12(8-22-16(26)27-9-17(19,20)21)25-14(23-15)7-6-13(18)24-25/h2-7H,8-9H2,1H3,(H,22,26). The molecule has 0 unspecified atom stereocenters. The molecule has 10 heteroatoms. The van der Waals surface area contributed by atoms with Gasteiger partial charge >= 0.3 is 6.09 Å². The summed E-state index contributed by atoms with van der Waals surface area (Å²) in [6.07, 6.45) is -0.729. The second-order valence-electron chi connectivity index (χ2n) is 5.74. The average Bonchev–Trinajstić information content (AvgIpc) is 2.96. The second kappa shape index (κ2) is 8.10. The Bertz CT molecular complexity index is 967. The van der Waals surface area contributed by atoms with Crippen molar-refractivity contribution in [3.63, 3.8) is 0 Å². The highest BCUT2D eigenvalue weighted by atomic mass is 35.6. The van der Waals surface area contributed by atoms with E-state index in [-0.39, 0.29) is 13.2 Å². The number of aromatic nitrogens is 3. The molecule has 2 heterocycles. The number of ether oxygens (including phenoxy) is 1. The Morgan fingerprint density at radius 3 is 2.56 bits per heavy atom. The molecule has 3 rings (SSSR count). The Balaban J connectivity index is 1.90. The van der Waals surface area contributed by atoms with Gasteiger partial charge in [0.05, 0.1) is 17.9 Å². The van der Waals surface area contributed by atoms with Crippen LogP contribution in [0.2, 0.25) is 5.15 Å². The molecular weight excluding hydrogens is 434 g/mol. The van der Waals surface area contributed by atoms with Crippen molar-refractivity contribution in [1.29, 1.82) is 0 Å². The summed E-state index contributed by atoms with van der Waals surface area (Å²) in [4.78, 5) is 16.5. The largest absolute Gasteiger partial charge is 0.445 e. The molecule has 0 aliphatic rings. The molecule has 1 aromatic carbocycles. The van der Waals surface area contributed by atoms with Crippen LogP contribution in [0, 0.1) is 6.92 Å². The second-order valence-corrected chi connectivity index (χ2v) is 8.65. The third-order valence-corrected chi connectivity index (χ3v) is 4.16. The third kappa shape index (κ3) is 5.17. The smallest absolute Gasteiger partial charge is 0.407 e. The number of hydrogen-bond donors (Lipinski definition) is 1. The highest BCUT2D eigenvalue weighted by Gasteiger charge is 2.22. The third-order valence-electron chi connectivity index (χ3n) is 3.63. The number of carbonyl (C=O) groups excluding carboxylic acids is 1. The average molecular weight is 448 g/mol. The van der Waals surface area contributed by atoms with Gasteiger partial charge in [-0.05, 0) is 19.1 Å². The van der Waals surface area contributed by atoms with Crippen molar-refractivity contribution in [2.24, 2.45) is 0 Å². The quantitative estimate of drug-likeness (QED) is 0.574. The minimum Gasteiger partial charge on any atom is -0.445 e. The summed E-state index contributed by atoms with van der Waals surface area (Å²) in [7, 11) is 0. The SMILES string of the molecule is Cc1ccc(-c2nc3ccc(Cl)nn3c2CNC(=O)OCC(Cl)(Cl)Cl)cc1.